The van der Waals surface area contributed by atoms with Crippen LogP contribution < -0.4 is 10.1 Å². The summed E-state index contributed by atoms with van der Waals surface area (Å²) in [7, 11) is 1.56. The third-order valence-corrected chi connectivity index (χ3v) is 5.07. The number of carbonyl (C=O) groups is 1. The summed E-state index contributed by atoms with van der Waals surface area (Å²) in [5.41, 5.74) is 3.08. The van der Waals surface area contributed by atoms with Gasteiger partial charge in [0.1, 0.15) is 11.3 Å². The van der Waals surface area contributed by atoms with Crippen molar-refractivity contribution in [3.8, 4) is 5.88 Å². The first kappa shape index (κ1) is 17.5. The second-order valence-electron chi connectivity index (χ2n) is 7.07. The molecule has 0 radical (unpaired) electrons. The Morgan fingerprint density at radius 1 is 1.30 bits per heavy atom. The molecule has 0 spiro atoms. The quantitative estimate of drug-likeness (QED) is 0.723. The Balaban J connectivity index is 1.58. The Morgan fingerprint density at radius 2 is 2.11 bits per heavy atom. The van der Waals surface area contributed by atoms with Crippen LogP contribution in [-0.4, -0.2) is 38.6 Å². The molecule has 1 unspecified atom stereocenters. The number of nitrogens with zero attached hydrogens (tertiary/aromatic N) is 3. The van der Waals surface area contributed by atoms with Crippen molar-refractivity contribution in [2.45, 2.75) is 31.9 Å². The summed E-state index contributed by atoms with van der Waals surface area (Å²) in [4.78, 5) is 21.5. The molecule has 0 aromatic carbocycles. The molecule has 3 heterocycles. The molecule has 0 bridgehead atoms. The van der Waals surface area contributed by atoms with E-state index in [9.17, 15) is 9.90 Å². The van der Waals surface area contributed by atoms with E-state index in [0.29, 0.717) is 24.4 Å². The zero-order valence-electron chi connectivity index (χ0n) is 15.3. The topological polar surface area (TPSA) is 88.8 Å². The number of pyridine rings is 2. The van der Waals surface area contributed by atoms with Crippen molar-refractivity contribution in [2.75, 3.05) is 7.11 Å². The standard InChI is InChI=1S/C20H22N4O3/c1-12-3-5-17-22-16(11-24(17)10-12)20(26)23-19(14-7-15(25)8-14)13-4-6-18(27-2)21-9-13/h3-6,9-11,14-15,19,25H,7-8H2,1-2H3,(H,23,26). The van der Waals surface area contributed by atoms with Crippen LogP contribution in [0.25, 0.3) is 5.65 Å². The van der Waals surface area contributed by atoms with Crippen molar-refractivity contribution < 1.29 is 14.6 Å². The van der Waals surface area contributed by atoms with Gasteiger partial charge in [0.05, 0.1) is 19.3 Å². The molecule has 4 rings (SSSR count). The summed E-state index contributed by atoms with van der Waals surface area (Å²) < 4.78 is 6.96. The van der Waals surface area contributed by atoms with Crippen LogP contribution in [0.15, 0.2) is 42.9 Å². The highest BCUT2D eigenvalue weighted by molar-refractivity contribution is 5.93. The number of aliphatic hydroxyl groups is 1. The largest absolute Gasteiger partial charge is 0.481 e. The SMILES string of the molecule is COc1ccc(C(NC(=O)c2cn3cc(C)ccc3n2)C2CC(O)C2)cn1. The highest BCUT2D eigenvalue weighted by Gasteiger charge is 2.36. The van der Waals surface area contributed by atoms with Crippen molar-refractivity contribution >= 4 is 11.6 Å². The van der Waals surface area contributed by atoms with Crippen molar-refractivity contribution in [3.05, 3.63) is 59.7 Å². The van der Waals surface area contributed by atoms with E-state index in [1.54, 1.807) is 25.6 Å². The molecule has 1 saturated carbocycles. The van der Waals surface area contributed by atoms with Crippen molar-refractivity contribution in [1.29, 1.82) is 0 Å². The number of hydrogen-bond donors (Lipinski definition) is 2. The lowest BCUT2D eigenvalue weighted by Gasteiger charge is -2.38. The van der Waals surface area contributed by atoms with Gasteiger partial charge in [-0.2, -0.15) is 0 Å². The summed E-state index contributed by atoms with van der Waals surface area (Å²) in [5.74, 6) is 0.449. The maximum absolute atomic E-state index is 12.8. The van der Waals surface area contributed by atoms with Gasteiger partial charge >= 0.3 is 0 Å². The molecule has 0 aliphatic heterocycles. The number of aryl methyl sites for hydroxylation is 1. The smallest absolute Gasteiger partial charge is 0.272 e. The molecule has 140 valence electrons. The first-order chi connectivity index (χ1) is 13.0. The summed E-state index contributed by atoms with van der Waals surface area (Å²) in [6.07, 6.45) is 6.38. The Hall–Kier alpha value is -2.93. The minimum atomic E-state index is -0.307. The van der Waals surface area contributed by atoms with E-state index >= 15 is 0 Å². The molecule has 1 atom stereocenters. The molecule has 1 aliphatic carbocycles. The average molecular weight is 366 g/mol. The first-order valence-electron chi connectivity index (χ1n) is 8.97. The maximum atomic E-state index is 12.8. The molecule has 3 aromatic rings. The molecule has 1 aliphatic rings. The minimum absolute atomic E-state index is 0.165. The van der Waals surface area contributed by atoms with Gasteiger partial charge in [0.2, 0.25) is 5.88 Å². The fourth-order valence-corrected chi connectivity index (χ4v) is 3.50. The van der Waals surface area contributed by atoms with E-state index in [4.69, 9.17) is 4.74 Å². The third-order valence-electron chi connectivity index (χ3n) is 5.07. The minimum Gasteiger partial charge on any atom is -0.481 e. The highest BCUT2D eigenvalue weighted by Crippen LogP contribution is 2.38. The molecule has 2 N–H and O–H groups in total. The molecular formula is C20H22N4O3. The zero-order valence-corrected chi connectivity index (χ0v) is 15.3. The van der Waals surface area contributed by atoms with Crippen LogP contribution in [-0.2, 0) is 0 Å². The Labute approximate surface area is 157 Å². The zero-order chi connectivity index (χ0) is 19.0. The summed E-state index contributed by atoms with van der Waals surface area (Å²) in [6, 6.07) is 7.29. The van der Waals surface area contributed by atoms with Gasteiger partial charge in [-0.1, -0.05) is 12.1 Å². The van der Waals surface area contributed by atoms with Gasteiger partial charge in [0, 0.05) is 24.7 Å². The number of amides is 1. The molecule has 7 heteroatoms. The predicted molar refractivity (Wildman–Crippen MR) is 99.7 cm³/mol. The first-order valence-corrected chi connectivity index (χ1v) is 8.97. The lowest BCUT2D eigenvalue weighted by Crippen LogP contribution is -2.41. The number of rotatable bonds is 5. The number of imidazole rings is 1. The van der Waals surface area contributed by atoms with Gasteiger partial charge in [0.15, 0.2) is 0 Å². The van der Waals surface area contributed by atoms with Crippen LogP contribution in [0.3, 0.4) is 0 Å². The summed E-state index contributed by atoms with van der Waals surface area (Å²) in [5, 5.41) is 12.8. The van der Waals surface area contributed by atoms with Crippen molar-refractivity contribution in [1.82, 2.24) is 19.7 Å². The van der Waals surface area contributed by atoms with E-state index in [1.165, 1.54) is 0 Å². The molecule has 0 saturated heterocycles. The fraction of sp³-hybridized carbons (Fsp3) is 0.350. The monoisotopic (exact) mass is 366 g/mol. The van der Waals surface area contributed by atoms with Crippen LogP contribution in [0.4, 0.5) is 0 Å². The molecule has 3 aromatic heterocycles. The van der Waals surface area contributed by atoms with Gasteiger partial charge in [-0.25, -0.2) is 9.97 Å². The third kappa shape index (κ3) is 3.50. The number of hydrogen-bond acceptors (Lipinski definition) is 5. The van der Waals surface area contributed by atoms with E-state index in [1.807, 2.05) is 35.7 Å². The number of fused-ring (bicyclic) bond motifs is 1. The lowest BCUT2D eigenvalue weighted by atomic mass is 9.75. The summed E-state index contributed by atoms with van der Waals surface area (Å²) in [6.45, 7) is 1.99. The predicted octanol–water partition coefficient (Wildman–Crippen LogP) is 2.29. The van der Waals surface area contributed by atoms with Crippen LogP contribution >= 0.6 is 0 Å². The number of nitrogens with one attached hydrogen (secondary N) is 1. The molecule has 1 fully saturated rings. The van der Waals surface area contributed by atoms with Gasteiger partial charge < -0.3 is 19.6 Å². The van der Waals surface area contributed by atoms with Gasteiger partial charge in [-0.3, -0.25) is 4.79 Å². The van der Waals surface area contributed by atoms with E-state index in [-0.39, 0.29) is 24.0 Å². The van der Waals surface area contributed by atoms with Gasteiger partial charge in [-0.05, 0) is 42.9 Å². The second kappa shape index (κ2) is 7.00. The Kier molecular flexibility index (Phi) is 4.53. The molecular weight excluding hydrogens is 344 g/mol. The Morgan fingerprint density at radius 3 is 2.78 bits per heavy atom. The number of carbonyl (C=O) groups excluding carboxylic acids is 1. The number of aliphatic hydroxyl groups excluding tert-OH is 1. The fourth-order valence-electron chi connectivity index (χ4n) is 3.50. The highest BCUT2D eigenvalue weighted by atomic mass is 16.5. The molecule has 1 amide bonds. The van der Waals surface area contributed by atoms with Gasteiger partial charge in [-0.15, -0.1) is 0 Å². The number of aromatic nitrogens is 3. The lowest BCUT2D eigenvalue weighted by molar-refractivity contribution is 0.0234. The van der Waals surface area contributed by atoms with E-state index < -0.39 is 0 Å². The van der Waals surface area contributed by atoms with Crippen LogP contribution in [0.2, 0.25) is 0 Å². The normalized spacial score (nSPS) is 20.1. The van der Waals surface area contributed by atoms with E-state index in [0.717, 1.165) is 16.8 Å². The Bertz CT molecular complexity index is 961. The summed E-state index contributed by atoms with van der Waals surface area (Å²) >= 11 is 0. The van der Waals surface area contributed by atoms with Crippen molar-refractivity contribution in [3.63, 3.8) is 0 Å². The molecule has 27 heavy (non-hydrogen) atoms. The molecule has 7 nitrogen and oxygen atoms in total. The number of methoxy groups -OCH3 is 1. The average Bonchev–Trinajstić information content (AvgIpc) is 3.07. The van der Waals surface area contributed by atoms with Crippen LogP contribution in [0, 0.1) is 12.8 Å². The second-order valence-corrected chi connectivity index (χ2v) is 7.07. The van der Waals surface area contributed by atoms with Crippen LogP contribution in [0.5, 0.6) is 5.88 Å². The maximum Gasteiger partial charge on any atom is 0.272 e. The van der Waals surface area contributed by atoms with Crippen LogP contribution in [0.1, 0.15) is 40.5 Å². The number of ether oxygens (including phenoxy) is 1. The van der Waals surface area contributed by atoms with E-state index in [2.05, 4.69) is 15.3 Å². The van der Waals surface area contributed by atoms with Gasteiger partial charge in [0.25, 0.3) is 5.91 Å². The van der Waals surface area contributed by atoms with Crippen molar-refractivity contribution in [2.24, 2.45) is 5.92 Å².